The average molecular weight is 508 g/mol. The van der Waals surface area contributed by atoms with Gasteiger partial charge in [-0.15, -0.1) is 0 Å². The maximum Gasteiger partial charge on any atom is 0.490 e. The van der Waals surface area contributed by atoms with Crippen molar-refractivity contribution in [2.24, 2.45) is 0 Å². The second-order valence-electron chi connectivity index (χ2n) is 5.98. The summed E-state index contributed by atoms with van der Waals surface area (Å²) in [5.74, 6) is 0. The molecule has 1 fully saturated rings. The Morgan fingerprint density at radius 3 is 2.52 bits per heavy atom. The van der Waals surface area contributed by atoms with E-state index in [1.165, 1.54) is 4.57 Å². The first-order valence-corrected chi connectivity index (χ1v) is 12.4. The van der Waals surface area contributed by atoms with E-state index in [2.05, 4.69) is 27.5 Å². The highest BCUT2D eigenvalue weighted by atomic mass is 31.3. The number of aliphatic hydroxyl groups excluding tert-OH is 1. The maximum absolute atomic E-state index is 11.8. The molecule has 0 saturated carbocycles. The van der Waals surface area contributed by atoms with Gasteiger partial charge in [-0.2, -0.15) is 13.6 Å². The second kappa shape index (κ2) is 8.44. The topological polar surface area (TPSA) is 276 Å². The van der Waals surface area contributed by atoms with Gasteiger partial charge >= 0.3 is 29.1 Å². The standard InChI is InChI=1S/C10H15N4O14P3/c11-10-13-8-7(9(16)26-10)12-3-14(8)6-1-4(15)5(25-6)2-24-30(20,21)28-31(22,23)27-29(17,18)19/h3-6,15H,1-2H2,(H2,11,13)(H,20,21)(H,22,23)(H2,17,18,19)/t4?,5-,6-/m1/s1. The van der Waals surface area contributed by atoms with Crippen LogP contribution in [0.2, 0.25) is 0 Å². The van der Waals surface area contributed by atoms with Crippen molar-refractivity contribution in [3.05, 3.63) is 16.7 Å². The van der Waals surface area contributed by atoms with Crippen LogP contribution >= 0.6 is 23.5 Å². The zero-order valence-electron chi connectivity index (χ0n) is 14.9. The summed E-state index contributed by atoms with van der Waals surface area (Å²) >= 11 is 0. The molecular weight excluding hydrogens is 493 g/mol. The smallest absolute Gasteiger partial charge is 0.390 e. The molecule has 0 amide bonds. The number of nitrogen functional groups attached to an aromatic ring is 1. The number of aromatic nitrogens is 3. The number of anilines is 1. The van der Waals surface area contributed by atoms with Crippen LogP contribution < -0.4 is 11.4 Å². The predicted octanol–water partition coefficient (Wildman–Crippen LogP) is -1.04. The van der Waals surface area contributed by atoms with E-state index in [1.54, 1.807) is 0 Å². The number of aliphatic hydroxyl groups is 1. The van der Waals surface area contributed by atoms with E-state index in [1.807, 2.05) is 0 Å². The fraction of sp³-hybridized carbons (Fsp3) is 0.500. The van der Waals surface area contributed by atoms with Crippen LogP contribution in [-0.4, -0.2) is 58.0 Å². The Kier molecular flexibility index (Phi) is 6.57. The fourth-order valence-electron chi connectivity index (χ4n) is 2.60. The van der Waals surface area contributed by atoms with Crippen LogP contribution in [0.15, 0.2) is 15.5 Å². The van der Waals surface area contributed by atoms with Crippen LogP contribution in [0.4, 0.5) is 6.01 Å². The van der Waals surface area contributed by atoms with E-state index in [-0.39, 0.29) is 17.6 Å². The highest BCUT2D eigenvalue weighted by Gasteiger charge is 2.43. The van der Waals surface area contributed by atoms with Gasteiger partial charge < -0.3 is 39.6 Å². The zero-order valence-corrected chi connectivity index (χ0v) is 17.6. The highest BCUT2D eigenvalue weighted by molar-refractivity contribution is 7.66. The first-order chi connectivity index (χ1) is 14.2. The summed E-state index contributed by atoms with van der Waals surface area (Å²) in [6.45, 7) is -0.855. The molecule has 31 heavy (non-hydrogen) atoms. The third-order valence-corrected chi connectivity index (χ3v) is 7.51. The monoisotopic (exact) mass is 508 g/mol. The summed E-state index contributed by atoms with van der Waals surface area (Å²) in [6, 6.07) is -0.443. The van der Waals surface area contributed by atoms with Crippen molar-refractivity contribution in [3.63, 3.8) is 0 Å². The molecule has 1 aliphatic rings. The van der Waals surface area contributed by atoms with Gasteiger partial charge in [0.2, 0.25) is 0 Å². The van der Waals surface area contributed by atoms with E-state index >= 15 is 0 Å². The van der Waals surface area contributed by atoms with Gasteiger partial charge in [-0.25, -0.2) is 23.5 Å². The second-order valence-corrected chi connectivity index (χ2v) is 10.4. The lowest BCUT2D eigenvalue weighted by Crippen LogP contribution is -2.26. The predicted molar refractivity (Wildman–Crippen MR) is 94.8 cm³/mol. The number of phosphoric ester groups is 1. The summed E-state index contributed by atoms with van der Waals surface area (Å²) in [4.78, 5) is 54.9. The Labute approximate surface area is 170 Å². The molecule has 1 aliphatic heterocycles. The quantitative estimate of drug-likeness (QED) is 0.232. The minimum Gasteiger partial charge on any atom is -0.390 e. The number of imidazole rings is 1. The molecule has 0 aromatic carbocycles. The molecular formula is C10H15N4O14P3. The Hall–Kier alpha value is -1.52. The minimum absolute atomic E-state index is 0.0144. The van der Waals surface area contributed by atoms with Gasteiger partial charge in [0.25, 0.3) is 6.01 Å². The summed E-state index contributed by atoms with van der Waals surface area (Å²) in [5, 5.41) is 10.1. The Morgan fingerprint density at radius 2 is 1.87 bits per heavy atom. The first-order valence-electron chi connectivity index (χ1n) is 7.91. The number of nitrogens with two attached hydrogens (primary N) is 1. The Morgan fingerprint density at radius 1 is 1.19 bits per heavy atom. The molecule has 3 rings (SSSR count). The van der Waals surface area contributed by atoms with Crippen molar-refractivity contribution >= 4 is 40.6 Å². The van der Waals surface area contributed by atoms with E-state index in [4.69, 9.17) is 25.2 Å². The van der Waals surface area contributed by atoms with Gasteiger partial charge in [-0.1, -0.05) is 0 Å². The van der Waals surface area contributed by atoms with Gasteiger partial charge in [0.05, 0.1) is 19.0 Å². The summed E-state index contributed by atoms with van der Waals surface area (Å²) in [5.41, 5.74) is 4.35. The van der Waals surface area contributed by atoms with Gasteiger partial charge in [0.15, 0.2) is 11.2 Å². The molecule has 0 aliphatic carbocycles. The lowest BCUT2D eigenvalue weighted by atomic mass is 10.2. The first kappa shape index (κ1) is 24.1. The molecule has 0 radical (unpaired) electrons. The average Bonchev–Trinajstić information content (AvgIpc) is 3.13. The van der Waals surface area contributed by atoms with Gasteiger partial charge in [0.1, 0.15) is 12.3 Å². The number of rotatable bonds is 8. The SMILES string of the molecule is Nc1nc2c(ncn2[C@H]2CC(O)[C@@H](COP(=O)(O)OP(=O)(O)OP(=O)(O)O)O2)c(=O)o1. The summed E-state index contributed by atoms with van der Waals surface area (Å²) < 4.78 is 56.6. The van der Waals surface area contributed by atoms with Gasteiger partial charge in [0, 0.05) is 6.42 Å². The van der Waals surface area contributed by atoms with Crippen LogP contribution in [0.25, 0.3) is 11.2 Å². The molecule has 18 nitrogen and oxygen atoms in total. The lowest BCUT2D eigenvalue weighted by molar-refractivity contribution is -0.0423. The Balaban J connectivity index is 1.67. The van der Waals surface area contributed by atoms with Crippen LogP contribution in [0.1, 0.15) is 12.6 Å². The molecule has 5 atom stereocenters. The van der Waals surface area contributed by atoms with Gasteiger partial charge in [-0.3, -0.25) is 9.09 Å². The fourth-order valence-corrected chi connectivity index (χ4v) is 5.63. The van der Waals surface area contributed by atoms with Crippen molar-refractivity contribution < 1.29 is 60.7 Å². The highest BCUT2D eigenvalue weighted by Crippen LogP contribution is 2.66. The summed E-state index contributed by atoms with van der Waals surface area (Å²) in [7, 11) is -16.6. The third-order valence-electron chi connectivity index (χ3n) is 3.71. The molecule has 2 aromatic rings. The van der Waals surface area contributed by atoms with E-state index in [9.17, 15) is 28.5 Å². The number of nitrogens with zero attached hydrogens (tertiary/aromatic N) is 3. The van der Waals surface area contributed by atoms with Crippen LogP contribution in [-0.2, 0) is 31.6 Å². The molecule has 3 heterocycles. The molecule has 3 unspecified atom stereocenters. The molecule has 2 aromatic heterocycles. The normalized spacial score (nSPS) is 26.0. The Bertz CT molecular complexity index is 1170. The van der Waals surface area contributed by atoms with Crippen molar-refractivity contribution in [2.75, 3.05) is 12.3 Å². The van der Waals surface area contributed by atoms with Crippen LogP contribution in [0, 0.1) is 0 Å². The lowest BCUT2D eigenvalue weighted by Gasteiger charge is -2.19. The van der Waals surface area contributed by atoms with Crippen molar-refractivity contribution in [2.45, 2.75) is 24.9 Å². The van der Waals surface area contributed by atoms with Crippen molar-refractivity contribution in [1.29, 1.82) is 0 Å². The van der Waals surface area contributed by atoms with Gasteiger partial charge in [-0.05, 0) is 0 Å². The number of phosphoric acid groups is 3. The number of fused-ring (bicyclic) bond motifs is 1. The van der Waals surface area contributed by atoms with Crippen LogP contribution in [0.3, 0.4) is 0 Å². The maximum atomic E-state index is 11.8. The minimum atomic E-state index is -5.68. The summed E-state index contributed by atoms with van der Waals surface area (Å²) in [6.07, 6.45) is -2.48. The van der Waals surface area contributed by atoms with Crippen LogP contribution in [0.5, 0.6) is 0 Å². The molecule has 7 N–H and O–H groups in total. The van der Waals surface area contributed by atoms with E-state index in [0.29, 0.717) is 0 Å². The van der Waals surface area contributed by atoms with E-state index in [0.717, 1.165) is 6.33 Å². The number of hydrogen-bond donors (Lipinski definition) is 6. The number of ether oxygens (including phenoxy) is 1. The largest absolute Gasteiger partial charge is 0.490 e. The molecule has 21 heteroatoms. The third kappa shape index (κ3) is 6.04. The van der Waals surface area contributed by atoms with Crippen molar-refractivity contribution in [3.8, 4) is 0 Å². The molecule has 0 bridgehead atoms. The molecule has 1 saturated heterocycles. The van der Waals surface area contributed by atoms with E-state index < -0.39 is 60.2 Å². The zero-order chi connectivity index (χ0) is 23.2. The number of hydrogen-bond acceptors (Lipinski definition) is 13. The van der Waals surface area contributed by atoms with Crippen molar-refractivity contribution in [1.82, 2.24) is 14.5 Å². The molecule has 174 valence electrons. The molecule has 0 spiro atoms.